The van der Waals surface area contributed by atoms with Crippen LogP contribution in [0.5, 0.6) is 5.75 Å². The average molecular weight is 327 g/mol. The fourth-order valence-corrected chi connectivity index (χ4v) is 3.57. The van der Waals surface area contributed by atoms with E-state index in [-0.39, 0.29) is 0 Å². The minimum Gasteiger partial charge on any atom is -0.507 e. The third-order valence-electron chi connectivity index (χ3n) is 5.04. The fourth-order valence-electron chi connectivity index (χ4n) is 3.57. The van der Waals surface area contributed by atoms with Crippen LogP contribution in [0.4, 0.5) is 0 Å². The van der Waals surface area contributed by atoms with E-state index in [0.717, 1.165) is 18.4 Å². The van der Waals surface area contributed by atoms with E-state index < -0.39 is 0 Å². The Labute approximate surface area is 148 Å². The van der Waals surface area contributed by atoms with Gasteiger partial charge >= 0.3 is 0 Å². The van der Waals surface area contributed by atoms with Crippen LogP contribution in [0.3, 0.4) is 0 Å². The third kappa shape index (κ3) is 5.26. The van der Waals surface area contributed by atoms with Crippen LogP contribution in [0, 0.1) is 0 Å². The first-order valence-corrected chi connectivity index (χ1v) is 10.00. The van der Waals surface area contributed by atoms with Gasteiger partial charge in [0.05, 0.1) is 0 Å². The summed E-state index contributed by atoms with van der Waals surface area (Å²) in [5, 5.41) is 13.4. The summed E-state index contributed by atoms with van der Waals surface area (Å²) in [6.45, 7) is 4.49. The SMILES string of the molecule is CCCCCCCc1c(O)c(CCCCCC)cc2ccccc12. The van der Waals surface area contributed by atoms with E-state index in [1.165, 1.54) is 74.1 Å². The summed E-state index contributed by atoms with van der Waals surface area (Å²) in [6, 6.07) is 10.7. The molecule has 0 unspecified atom stereocenters. The molecule has 1 N–H and O–H groups in total. The summed E-state index contributed by atoms with van der Waals surface area (Å²) in [6.07, 6.45) is 13.3. The van der Waals surface area contributed by atoms with Crippen LogP contribution in [0.2, 0.25) is 0 Å². The monoisotopic (exact) mass is 326 g/mol. The summed E-state index contributed by atoms with van der Waals surface area (Å²) in [4.78, 5) is 0. The van der Waals surface area contributed by atoms with Crippen molar-refractivity contribution in [3.05, 3.63) is 41.5 Å². The maximum atomic E-state index is 10.8. The van der Waals surface area contributed by atoms with Crippen molar-refractivity contribution in [2.75, 3.05) is 0 Å². The molecule has 0 aliphatic carbocycles. The van der Waals surface area contributed by atoms with E-state index >= 15 is 0 Å². The molecular formula is C23H34O. The van der Waals surface area contributed by atoms with Crippen LogP contribution < -0.4 is 0 Å². The van der Waals surface area contributed by atoms with Gasteiger partial charge in [0.25, 0.3) is 0 Å². The molecule has 24 heavy (non-hydrogen) atoms. The summed E-state index contributed by atoms with van der Waals surface area (Å²) < 4.78 is 0. The number of aryl methyl sites for hydroxylation is 2. The van der Waals surface area contributed by atoms with Gasteiger partial charge in [-0.25, -0.2) is 0 Å². The van der Waals surface area contributed by atoms with Crippen molar-refractivity contribution in [3.8, 4) is 5.75 Å². The Morgan fingerprint density at radius 3 is 2.12 bits per heavy atom. The number of phenolic OH excluding ortho intramolecular Hbond substituents is 1. The van der Waals surface area contributed by atoms with Crippen molar-refractivity contribution in [1.29, 1.82) is 0 Å². The molecule has 2 aromatic carbocycles. The largest absolute Gasteiger partial charge is 0.507 e. The molecule has 1 heteroatoms. The van der Waals surface area contributed by atoms with Gasteiger partial charge in [0.1, 0.15) is 5.75 Å². The molecule has 0 fully saturated rings. The zero-order valence-electron chi connectivity index (χ0n) is 15.6. The molecule has 0 atom stereocenters. The van der Waals surface area contributed by atoms with Crippen molar-refractivity contribution in [2.45, 2.75) is 84.5 Å². The maximum Gasteiger partial charge on any atom is 0.122 e. The molecule has 0 saturated heterocycles. The lowest BCUT2D eigenvalue weighted by Crippen LogP contribution is -1.95. The zero-order valence-corrected chi connectivity index (χ0v) is 15.6. The van der Waals surface area contributed by atoms with Gasteiger partial charge in [-0.1, -0.05) is 83.1 Å². The number of phenols is 1. The Balaban J connectivity index is 2.14. The lowest BCUT2D eigenvalue weighted by molar-refractivity contribution is 0.458. The van der Waals surface area contributed by atoms with Gasteiger partial charge in [0, 0.05) is 5.56 Å². The Morgan fingerprint density at radius 2 is 1.38 bits per heavy atom. The van der Waals surface area contributed by atoms with Crippen LogP contribution in [0.25, 0.3) is 10.8 Å². The number of rotatable bonds is 11. The predicted octanol–water partition coefficient (Wildman–Crippen LogP) is 7.18. The van der Waals surface area contributed by atoms with Gasteiger partial charge in [0.15, 0.2) is 0 Å². The maximum absolute atomic E-state index is 10.8. The topological polar surface area (TPSA) is 20.2 Å². The first-order chi connectivity index (χ1) is 11.8. The van der Waals surface area contributed by atoms with Gasteiger partial charge in [0.2, 0.25) is 0 Å². The molecule has 2 rings (SSSR count). The molecule has 0 amide bonds. The average Bonchev–Trinajstić information content (AvgIpc) is 2.60. The lowest BCUT2D eigenvalue weighted by atomic mass is 9.93. The van der Waals surface area contributed by atoms with Gasteiger partial charge < -0.3 is 5.11 Å². The molecule has 2 aromatic rings. The van der Waals surface area contributed by atoms with Crippen molar-refractivity contribution in [2.24, 2.45) is 0 Å². The van der Waals surface area contributed by atoms with Crippen molar-refractivity contribution < 1.29 is 5.11 Å². The number of fused-ring (bicyclic) bond motifs is 1. The van der Waals surface area contributed by atoms with Gasteiger partial charge in [-0.2, -0.15) is 0 Å². The van der Waals surface area contributed by atoms with E-state index in [2.05, 4.69) is 44.2 Å². The summed E-state index contributed by atoms with van der Waals surface area (Å²) >= 11 is 0. The second kappa shape index (κ2) is 10.4. The minimum atomic E-state index is 0.570. The molecule has 1 nitrogen and oxygen atoms in total. The molecule has 0 radical (unpaired) electrons. The van der Waals surface area contributed by atoms with E-state index in [9.17, 15) is 5.11 Å². The van der Waals surface area contributed by atoms with Gasteiger partial charge in [-0.3, -0.25) is 0 Å². The van der Waals surface area contributed by atoms with E-state index in [1.54, 1.807) is 0 Å². The highest BCUT2D eigenvalue weighted by Crippen LogP contribution is 2.33. The number of unbranched alkanes of at least 4 members (excludes halogenated alkanes) is 7. The van der Waals surface area contributed by atoms with Crippen molar-refractivity contribution >= 4 is 10.8 Å². The molecule has 0 heterocycles. The standard InChI is InChI=1S/C23H34O/c1-3-5-7-9-11-17-22-21-16-13-12-14-19(21)18-20(23(22)24)15-10-8-6-4-2/h12-14,16,18,24H,3-11,15,17H2,1-2H3. The minimum absolute atomic E-state index is 0.570. The highest BCUT2D eigenvalue weighted by molar-refractivity contribution is 5.88. The summed E-state index contributed by atoms with van der Waals surface area (Å²) in [5.74, 6) is 0.570. The molecule has 0 saturated carbocycles. The molecule has 0 aromatic heterocycles. The van der Waals surface area contributed by atoms with Crippen LogP contribution in [-0.4, -0.2) is 5.11 Å². The normalized spacial score (nSPS) is 11.2. The number of benzene rings is 2. The second-order valence-electron chi connectivity index (χ2n) is 7.06. The number of hydrogen-bond acceptors (Lipinski definition) is 1. The highest BCUT2D eigenvalue weighted by Gasteiger charge is 2.12. The van der Waals surface area contributed by atoms with Crippen LogP contribution in [-0.2, 0) is 12.8 Å². The zero-order chi connectivity index (χ0) is 17.2. The molecule has 0 bridgehead atoms. The smallest absolute Gasteiger partial charge is 0.122 e. The third-order valence-corrected chi connectivity index (χ3v) is 5.04. The second-order valence-corrected chi connectivity index (χ2v) is 7.06. The Kier molecular flexibility index (Phi) is 8.15. The first-order valence-electron chi connectivity index (χ1n) is 10.00. The number of aromatic hydroxyl groups is 1. The fraction of sp³-hybridized carbons (Fsp3) is 0.565. The van der Waals surface area contributed by atoms with Crippen molar-refractivity contribution in [1.82, 2.24) is 0 Å². The predicted molar refractivity (Wildman–Crippen MR) is 106 cm³/mol. The molecule has 0 aliphatic rings. The van der Waals surface area contributed by atoms with Gasteiger partial charge in [-0.15, -0.1) is 0 Å². The summed E-state index contributed by atoms with van der Waals surface area (Å²) in [7, 11) is 0. The lowest BCUT2D eigenvalue weighted by Gasteiger charge is -2.14. The van der Waals surface area contributed by atoms with Crippen LogP contribution in [0.1, 0.15) is 82.8 Å². The Bertz CT molecular complexity index is 615. The highest BCUT2D eigenvalue weighted by atomic mass is 16.3. The molecule has 0 spiro atoms. The molecule has 132 valence electrons. The first kappa shape index (κ1) is 18.8. The summed E-state index contributed by atoms with van der Waals surface area (Å²) in [5.41, 5.74) is 2.32. The van der Waals surface area contributed by atoms with E-state index in [1.807, 2.05) is 0 Å². The van der Waals surface area contributed by atoms with Crippen LogP contribution in [0.15, 0.2) is 30.3 Å². The number of hydrogen-bond donors (Lipinski definition) is 1. The Hall–Kier alpha value is -1.50. The van der Waals surface area contributed by atoms with Crippen LogP contribution >= 0.6 is 0 Å². The Morgan fingerprint density at radius 1 is 0.750 bits per heavy atom. The quantitative estimate of drug-likeness (QED) is 0.433. The van der Waals surface area contributed by atoms with E-state index in [4.69, 9.17) is 0 Å². The van der Waals surface area contributed by atoms with Crippen molar-refractivity contribution in [3.63, 3.8) is 0 Å². The van der Waals surface area contributed by atoms with E-state index in [0.29, 0.717) is 5.75 Å². The molecule has 0 aliphatic heterocycles. The molecular weight excluding hydrogens is 292 g/mol. The van der Waals surface area contributed by atoms with Gasteiger partial charge in [-0.05, 0) is 48.1 Å².